The fourth-order valence-corrected chi connectivity index (χ4v) is 3.89. The Labute approximate surface area is 223 Å². The fraction of sp³-hybridized carbons (Fsp3) is 0.154. The lowest BCUT2D eigenvalue weighted by Crippen LogP contribution is -2.29. The predicted molar refractivity (Wildman–Crippen MR) is 137 cm³/mol. The van der Waals surface area contributed by atoms with Crippen molar-refractivity contribution in [3.63, 3.8) is 0 Å². The lowest BCUT2D eigenvalue weighted by molar-refractivity contribution is -0.137. The molecule has 1 aromatic heterocycles. The Morgan fingerprint density at radius 3 is 2.46 bits per heavy atom. The summed E-state index contributed by atoms with van der Waals surface area (Å²) in [6.45, 7) is -0.237. The Bertz CT molecular complexity index is 1560. The number of halogens is 6. The highest BCUT2D eigenvalue weighted by molar-refractivity contribution is 6.34. The van der Waals surface area contributed by atoms with E-state index in [1.165, 1.54) is 36.4 Å². The first-order valence-electron chi connectivity index (χ1n) is 11.3. The molecule has 4 rings (SSSR count). The molecule has 0 radical (unpaired) electrons. The van der Waals surface area contributed by atoms with Crippen molar-refractivity contribution in [1.29, 1.82) is 0 Å². The molecule has 3 aromatic carbocycles. The smallest absolute Gasteiger partial charge is 0.373 e. The maximum atomic E-state index is 13.2. The number of carbonyl (C=O) groups is 2. The van der Waals surface area contributed by atoms with Gasteiger partial charge in [-0.15, -0.1) is 0 Å². The van der Waals surface area contributed by atoms with Crippen LogP contribution in [0.5, 0.6) is 0 Å². The van der Waals surface area contributed by atoms with Gasteiger partial charge < -0.3 is 16.0 Å². The van der Waals surface area contributed by atoms with Gasteiger partial charge >= 0.3 is 12.6 Å². The van der Waals surface area contributed by atoms with Crippen molar-refractivity contribution in [2.75, 3.05) is 17.7 Å². The topological polar surface area (TPSA) is 96.0 Å². The van der Waals surface area contributed by atoms with Crippen molar-refractivity contribution in [3.05, 3.63) is 82.4 Å². The molecule has 0 saturated carbocycles. The monoisotopic (exact) mass is 563 g/mol. The van der Waals surface area contributed by atoms with Crippen LogP contribution in [0.1, 0.15) is 21.5 Å². The average Bonchev–Trinajstić information content (AvgIpc) is 2.91. The first-order chi connectivity index (χ1) is 18.5. The van der Waals surface area contributed by atoms with Crippen LogP contribution in [0.2, 0.25) is 5.02 Å². The Balaban J connectivity index is 1.63. The van der Waals surface area contributed by atoms with Crippen LogP contribution in [0.4, 0.5) is 33.5 Å². The summed E-state index contributed by atoms with van der Waals surface area (Å²) in [4.78, 5) is 32.8. The number of rotatable bonds is 7. The Hall–Kier alpha value is -4.32. The van der Waals surface area contributed by atoms with Gasteiger partial charge in [-0.3, -0.25) is 9.59 Å². The van der Waals surface area contributed by atoms with Gasteiger partial charge in [0.15, 0.2) is 5.82 Å². The van der Waals surface area contributed by atoms with Crippen molar-refractivity contribution in [1.82, 2.24) is 15.3 Å². The van der Waals surface area contributed by atoms with Gasteiger partial charge in [-0.2, -0.15) is 22.0 Å². The molecule has 0 spiro atoms. The summed E-state index contributed by atoms with van der Waals surface area (Å²) in [5.74, 6) is -1.66. The van der Waals surface area contributed by atoms with Crippen molar-refractivity contribution in [2.24, 2.45) is 0 Å². The van der Waals surface area contributed by atoms with Crippen LogP contribution in [0.15, 0.2) is 60.7 Å². The van der Waals surface area contributed by atoms with Gasteiger partial charge in [0.05, 0.1) is 21.7 Å². The van der Waals surface area contributed by atoms with Crippen molar-refractivity contribution >= 4 is 45.8 Å². The van der Waals surface area contributed by atoms with E-state index < -0.39 is 30.0 Å². The highest BCUT2D eigenvalue weighted by Gasteiger charge is 2.30. The van der Waals surface area contributed by atoms with Crippen molar-refractivity contribution in [3.8, 4) is 11.4 Å². The molecule has 3 N–H and O–H groups in total. The minimum atomic E-state index is -4.54. The zero-order chi connectivity index (χ0) is 28.3. The van der Waals surface area contributed by atoms with Crippen LogP contribution in [0.25, 0.3) is 22.3 Å². The molecule has 0 aliphatic rings. The zero-order valence-corrected chi connectivity index (χ0v) is 20.8. The minimum absolute atomic E-state index is 0.0313. The summed E-state index contributed by atoms with van der Waals surface area (Å²) in [6.07, 6.45) is -7.71. The van der Waals surface area contributed by atoms with Gasteiger partial charge in [0.2, 0.25) is 0 Å². The van der Waals surface area contributed by atoms with Gasteiger partial charge in [0.1, 0.15) is 5.82 Å². The quantitative estimate of drug-likeness (QED) is 0.235. The van der Waals surface area contributed by atoms with Crippen LogP contribution in [-0.2, 0) is 17.5 Å². The number of alkyl halides is 5. The highest BCUT2D eigenvalue weighted by atomic mass is 35.5. The number of aromatic nitrogens is 2. The molecule has 0 aliphatic carbocycles. The molecule has 0 fully saturated rings. The molecule has 7 nitrogen and oxygen atoms in total. The maximum Gasteiger partial charge on any atom is 0.416 e. The third-order valence-electron chi connectivity index (χ3n) is 5.58. The van der Waals surface area contributed by atoms with Gasteiger partial charge in [-0.05, 0) is 48.0 Å². The van der Waals surface area contributed by atoms with Gasteiger partial charge in [0.25, 0.3) is 11.8 Å². The second-order valence-electron chi connectivity index (χ2n) is 8.24. The van der Waals surface area contributed by atoms with Crippen LogP contribution in [0.3, 0.4) is 0 Å². The summed E-state index contributed by atoms with van der Waals surface area (Å²) >= 11 is 6.16. The van der Waals surface area contributed by atoms with E-state index in [9.17, 15) is 31.5 Å². The summed E-state index contributed by atoms with van der Waals surface area (Å²) in [5.41, 5.74) is 0.353. The van der Waals surface area contributed by atoms with Crippen molar-refractivity contribution in [2.45, 2.75) is 19.1 Å². The first kappa shape index (κ1) is 27.7. The second-order valence-corrected chi connectivity index (χ2v) is 8.65. The van der Waals surface area contributed by atoms with E-state index in [1.807, 2.05) is 5.32 Å². The van der Waals surface area contributed by atoms with Crippen LogP contribution in [-0.4, -0.2) is 35.3 Å². The molecule has 0 bridgehead atoms. The largest absolute Gasteiger partial charge is 0.416 e. The van der Waals surface area contributed by atoms with E-state index in [1.54, 1.807) is 19.2 Å². The lowest BCUT2D eigenvalue weighted by atomic mass is 10.1. The van der Waals surface area contributed by atoms with Crippen LogP contribution >= 0.6 is 11.6 Å². The third-order valence-corrected chi connectivity index (χ3v) is 5.91. The first-order valence-corrected chi connectivity index (χ1v) is 11.7. The van der Waals surface area contributed by atoms with E-state index in [-0.39, 0.29) is 28.5 Å². The SMILES string of the molecule is CNc1nc(-c2cccc(C(F)(F)F)c2)nc2cc(NC(=O)c3cc(CNC(=O)C(F)F)ccc3Cl)ccc12. The predicted octanol–water partition coefficient (Wildman–Crippen LogP) is 6.14. The van der Waals surface area contributed by atoms with Gasteiger partial charge in [0, 0.05) is 30.2 Å². The molecule has 0 saturated heterocycles. The number of hydrogen-bond donors (Lipinski definition) is 3. The number of fused-ring (bicyclic) bond motifs is 1. The number of carbonyl (C=O) groups excluding carboxylic acids is 2. The molecule has 0 unspecified atom stereocenters. The number of amides is 2. The van der Waals surface area contributed by atoms with Gasteiger partial charge in [-0.1, -0.05) is 29.8 Å². The van der Waals surface area contributed by atoms with Crippen molar-refractivity contribution < 1.29 is 31.5 Å². The van der Waals surface area contributed by atoms with E-state index in [4.69, 9.17) is 11.6 Å². The molecule has 4 aromatic rings. The average molecular weight is 564 g/mol. The van der Waals surface area contributed by atoms with E-state index in [2.05, 4.69) is 20.6 Å². The van der Waals surface area contributed by atoms with Crippen LogP contribution in [0, 0.1) is 0 Å². The van der Waals surface area contributed by atoms with E-state index >= 15 is 0 Å². The summed E-state index contributed by atoms with van der Waals surface area (Å²) in [7, 11) is 1.60. The summed E-state index contributed by atoms with van der Waals surface area (Å²) in [5, 5.41) is 8.26. The summed E-state index contributed by atoms with van der Waals surface area (Å²) in [6, 6.07) is 13.6. The zero-order valence-electron chi connectivity index (χ0n) is 20.0. The Morgan fingerprint density at radius 1 is 1.00 bits per heavy atom. The van der Waals surface area contributed by atoms with Gasteiger partial charge in [-0.25, -0.2) is 9.97 Å². The Kier molecular flexibility index (Phi) is 7.95. The molecule has 1 heterocycles. The minimum Gasteiger partial charge on any atom is -0.373 e. The number of benzene rings is 3. The standard InChI is InChI=1S/C26H19ClF5N5O2/c1-33-23-17-7-6-16(11-20(17)36-22(37-23)14-3-2-4-15(10-14)26(30,31)32)35-24(38)18-9-13(5-8-19(18)27)12-34-25(39)21(28)29/h2-11,21H,12H2,1H3,(H,34,39)(H,35,38)(H,33,36,37). The molecule has 0 aliphatic heterocycles. The highest BCUT2D eigenvalue weighted by Crippen LogP contribution is 2.33. The maximum absolute atomic E-state index is 13.2. The molecular formula is C26H19ClF5N5O2. The second kappa shape index (κ2) is 11.2. The molecule has 2 amide bonds. The number of nitrogens with zero attached hydrogens (tertiary/aromatic N) is 2. The van der Waals surface area contributed by atoms with E-state index in [0.717, 1.165) is 12.1 Å². The number of hydrogen-bond acceptors (Lipinski definition) is 5. The third kappa shape index (κ3) is 6.40. The molecule has 0 atom stereocenters. The fourth-order valence-electron chi connectivity index (χ4n) is 3.68. The molecule has 202 valence electrons. The molecular weight excluding hydrogens is 545 g/mol. The Morgan fingerprint density at radius 2 is 1.77 bits per heavy atom. The lowest BCUT2D eigenvalue weighted by Gasteiger charge is -2.13. The number of anilines is 2. The van der Waals surface area contributed by atoms with E-state index in [0.29, 0.717) is 28.0 Å². The normalized spacial score (nSPS) is 11.5. The summed E-state index contributed by atoms with van der Waals surface area (Å²) < 4.78 is 64.5. The molecule has 39 heavy (non-hydrogen) atoms. The number of nitrogens with one attached hydrogen (secondary N) is 3. The van der Waals surface area contributed by atoms with Crippen LogP contribution < -0.4 is 16.0 Å². The molecule has 13 heteroatoms.